The van der Waals surface area contributed by atoms with Gasteiger partial charge in [0.05, 0.1) is 18.8 Å². The van der Waals surface area contributed by atoms with Gasteiger partial charge in [-0.1, -0.05) is 0 Å². The Morgan fingerprint density at radius 2 is 1.80 bits per heavy atom. The summed E-state index contributed by atoms with van der Waals surface area (Å²) >= 11 is 0. The molecule has 1 aliphatic rings. The Morgan fingerprint density at radius 3 is 2.20 bits per heavy atom. The first kappa shape index (κ1) is 7.45. The SMILES string of the molecule is [CH2+]C1CCC(C(=O)O)CC1. The molecule has 0 unspecified atom stereocenters. The van der Waals surface area contributed by atoms with Crippen LogP contribution >= 0.6 is 0 Å². The monoisotopic (exact) mass is 141 g/mol. The molecule has 1 saturated carbocycles. The summed E-state index contributed by atoms with van der Waals surface area (Å²) in [6.45, 7) is 3.90. The lowest BCUT2D eigenvalue weighted by molar-refractivity contribution is -0.142. The molecule has 0 atom stereocenters. The van der Waals surface area contributed by atoms with Crippen molar-refractivity contribution < 1.29 is 9.90 Å². The van der Waals surface area contributed by atoms with Gasteiger partial charge < -0.3 is 5.11 Å². The van der Waals surface area contributed by atoms with Crippen molar-refractivity contribution in [1.29, 1.82) is 0 Å². The Labute approximate surface area is 61.2 Å². The standard InChI is InChI=1S/C8H12O2/c1-6-2-4-7(5-3-6)8(9)10/h6-7H,1-5H2/p+1. The molecule has 0 saturated heterocycles. The molecule has 1 rings (SSSR count). The van der Waals surface area contributed by atoms with E-state index >= 15 is 0 Å². The fourth-order valence-electron chi connectivity index (χ4n) is 1.41. The zero-order valence-electron chi connectivity index (χ0n) is 6.05. The Bertz CT molecular complexity index is 123. The molecule has 0 aromatic carbocycles. The van der Waals surface area contributed by atoms with E-state index in [-0.39, 0.29) is 5.92 Å². The number of carboxylic acid groups (broad SMARTS) is 1. The van der Waals surface area contributed by atoms with Gasteiger partial charge in [0.2, 0.25) is 0 Å². The van der Waals surface area contributed by atoms with Crippen molar-refractivity contribution in [2.75, 3.05) is 0 Å². The highest BCUT2D eigenvalue weighted by Crippen LogP contribution is 2.27. The molecule has 2 heteroatoms. The quantitative estimate of drug-likeness (QED) is 0.564. The van der Waals surface area contributed by atoms with Gasteiger partial charge in [-0.15, -0.1) is 0 Å². The summed E-state index contributed by atoms with van der Waals surface area (Å²) in [5, 5.41) is 8.60. The van der Waals surface area contributed by atoms with Crippen LogP contribution in [-0.2, 0) is 4.79 Å². The molecule has 10 heavy (non-hydrogen) atoms. The zero-order valence-corrected chi connectivity index (χ0v) is 6.05. The summed E-state index contributed by atoms with van der Waals surface area (Å²) < 4.78 is 0. The normalized spacial score (nSPS) is 33.6. The smallest absolute Gasteiger partial charge is 0.306 e. The predicted molar refractivity (Wildman–Crippen MR) is 38.4 cm³/mol. The van der Waals surface area contributed by atoms with Crippen LogP contribution in [0.3, 0.4) is 0 Å². The molecule has 1 N–H and O–H groups in total. The van der Waals surface area contributed by atoms with Gasteiger partial charge in [0.25, 0.3) is 0 Å². The Balaban J connectivity index is 2.33. The van der Waals surface area contributed by atoms with Gasteiger partial charge in [-0.3, -0.25) is 4.79 Å². The summed E-state index contributed by atoms with van der Waals surface area (Å²) in [7, 11) is 0. The Kier molecular flexibility index (Phi) is 2.20. The highest BCUT2D eigenvalue weighted by molar-refractivity contribution is 5.69. The van der Waals surface area contributed by atoms with Crippen molar-refractivity contribution >= 4 is 5.97 Å². The van der Waals surface area contributed by atoms with E-state index in [0.29, 0.717) is 5.92 Å². The number of rotatable bonds is 1. The van der Waals surface area contributed by atoms with Crippen LogP contribution in [0.4, 0.5) is 0 Å². The van der Waals surface area contributed by atoms with E-state index in [9.17, 15) is 4.79 Å². The minimum atomic E-state index is -0.632. The van der Waals surface area contributed by atoms with Crippen LogP contribution in [0, 0.1) is 18.8 Å². The van der Waals surface area contributed by atoms with Crippen molar-refractivity contribution in [1.82, 2.24) is 0 Å². The Morgan fingerprint density at radius 1 is 1.30 bits per heavy atom. The van der Waals surface area contributed by atoms with Crippen LogP contribution in [0.25, 0.3) is 0 Å². The molecule has 56 valence electrons. The maximum absolute atomic E-state index is 10.4. The molecule has 0 amide bonds. The van der Waals surface area contributed by atoms with Gasteiger partial charge in [-0.2, -0.15) is 0 Å². The molecule has 0 bridgehead atoms. The fraction of sp³-hybridized carbons (Fsp3) is 0.750. The second kappa shape index (κ2) is 2.95. The van der Waals surface area contributed by atoms with Gasteiger partial charge >= 0.3 is 5.97 Å². The number of carbonyl (C=O) groups is 1. The van der Waals surface area contributed by atoms with Gasteiger partial charge in [0.15, 0.2) is 0 Å². The van der Waals surface area contributed by atoms with Crippen LogP contribution in [0.15, 0.2) is 0 Å². The molecule has 1 aliphatic carbocycles. The van der Waals surface area contributed by atoms with Crippen molar-refractivity contribution in [3.05, 3.63) is 6.92 Å². The third-order valence-corrected chi connectivity index (χ3v) is 2.20. The fourth-order valence-corrected chi connectivity index (χ4v) is 1.41. The van der Waals surface area contributed by atoms with Crippen LogP contribution in [0.2, 0.25) is 0 Å². The highest BCUT2D eigenvalue weighted by Gasteiger charge is 2.26. The van der Waals surface area contributed by atoms with E-state index < -0.39 is 5.97 Å². The van der Waals surface area contributed by atoms with Gasteiger partial charge in [0, 0.05) is 0 Å². The molecule has 0 spiro atoms. The lowest BCUT2D eigenvalue weighted by atomic mass is 9.83. The van der Waals surface area contributed by atoms with Crippen LogP contribution in [0.1, 0.15) is 25.7 Å². The van der Waals surface area contributed by atoms with Crippen molar-refractivity contribution in [2.45, 2.75) is 25.7 Å². The summed E-state index contributed by atoms with van der Waals surface area (Å²) in [5.74, 6) is -0.222. The van der Waals surface area contributed by atoms with E-state index in [4.69, 9.17) is 5.11 Å². The van der Waals surface area contributed by atoms with E-state index in [2.05, 4.69) is 6.92 Å². The van der Waals surface area contributed by atoms with E-state index in [1.165, 1.54) is 0 Å². The third kappa shape index (κ3) is 1.66. The second-order valence-corrected chi connectivity index (χ2v) is 3.06. The van der Waals surface area contributed by atoms with Crippen molar-refractivity contribution in [2.24, 2.45) is 11.8 Å². The molecule has 1 fully saturated rings. The maximum atomic E-state index is 10.4. The number of hydrogen-bond donors (Lipinski definition) is 1. The second-order valence-electron chi connectivity index (χ2n) is 3.06. The maximum Gasteiger partial charge on any atom is 0.306 e. The largest absolute Gasteiger partial charge is 0.481 e. The highest BCUT2D eigenvalue weighted by atomic mass is 16.4. The molecular weight excluding hydrogens is 128 g/mol. The zero-order chi connectivity index (χ0) is 7.56. The Hall–Kier alpha value is -0.660. The lowest BCUT2D eigenvalue weighted by Crippen LogP contribution is -2.19. The molecule has 0 aromatic heterocycles. The number of carboxylic acids is 1. The average molecular weight is 141 g/mol. The van der Waals surface area contributed by atoms with E-state index in [0.717, 1.165) is 25.7 Å². The van der Waals surface area contributed by atoms with E-state index in [1.807, 2.05) is 0 Å². The lowest BCUT2D eigenvalue weighted by Gasteiger charge is -2.18. The topological polar surface area (TPSA) is 37.3 Å². The molecule has 0 aromatic rings. The van der Waals surface area contributed by atoms with Gasteiger partial charge in [-0.05, 0) is 25.7 Å². The van der Waals surface area contributed by atoms with Gasteiger partial charge in [0.1, 0.15) is 0 Å². The summed E-state index contributed by atoms with van der Waals surface area (Å²) in [6, 6.07) is 0. The number of aliphatic carboxylic acids is 1. The summed E-state index contributed by atoms with van der Waals surface area (Å²) in [4.78, 5) is 10.4. The minimum Gasteiger partial charge on any atom is -0.481 e. The first-order valence-corrected chi connectivity index (χ1v) is 3.76. The molecule has 0 radical (unpaired) electrons. The first-order valence-electron chi connectivity index (χ1n) is 3.76. The van der Waals surface area contributed by atoms with E-state index in [1.54, 1.807) is 0 Å². The molecule has 0 heterocycles. The summed E-state index contributed by atoms with van der Waals surface area (Å²) in [6.07, 6.45) is 3.61. The van der Waals surface area contributed by atoms with Crippen LogP contribution < -0.4 is 0 Å². The van der Waals surface area contributed by atoms with Crippen molar-refractivity contribution in [3.63, 3.8) is 0 Å². The molecule has 2 nitrogen and oxygen atoms in total. The summed E-state index contributed by atoms with van der Waals surface area (Å²) in [5.41, 5.74) is 0. The average Bonchev–Trinajstić information content (AvgIpc) is 1.88. The first-order chi connectivity index (χ1) is 4.70. The predicted octanol–water partition coefficient (Wildman–Crippen LogP) is 1.71. The third-order valence-electron chi connectivity index (χ3n) is 2.20. The van der Waals surface area contributed by atoms with Crippen molar-refractivity contribution in [3.8, 4) is 0 Å². The minimum absolute atomic E-state index is 0.0852. The molecule has 0 aliphatic heterocycles. The van der Waals surface area contributed by atoms with Crippen LogP contribution in [0.5, 0.6) is 0 Å². The molecular formula is C8H13O2+. The van der Waals surface area contributed by atoms with Crippen LogP contribution in [-0.4, -0.2) is 11.1 Å². The number of hydrogen-bond acceptors (Lipinski definition) is 1. The van der Waals surface area contributed by atoms with Gasteiger partial charge in [-0.25, -0.2) is 0 Å².